The minimum atomic E-state index is -1.32. The largest absolute Gasteiger partial charge is 0.491 e. The molecule has 0 radical (unpaired) electrons. The van der Waals surface area contributed by atoms with Crippen LogP contribution >= 0.6 is 35.3 Å². The van der Waals surface area contributed by atoms with E-state index in [2.05, 4.69) is 9.97 Å². The Morgan fingerprint density at radius 3 is 0.739 bits per heavy atom. The van der Waals surface area contributed by atoms with E-state index >= 15 is 0 Å². The van der Waals surface area contributed by atoms with Crippen molar-refractivity contribution in [2.45, 2.75) is 173 Å². The minimum absolute atomic E-state index is 0.127. The molecule has 5 aliphatic rings. The first-order valence-corrected chi connectivity index (χ1v) is 47.4. The summed E-state index contributed by atoms with van der Waals surface area (Å²) >= 11 is 3.57. The van der Waals surface area contributed by atoms with Crippen LogP contribution in [0.25, 0.3) is 90.9 Å². The van der Waals surface area contributed by atoms with E-state index in [1.54, 1.807) is 0 Å². The van der Waals surface area contributed by atoms with E-state index in [0.717, 1.165) is 97.1 Å². The van der Waals surface area contributed by atoms with E-state index in [1.165, 1.54) is 76.8 Å². The molecule has 8 bridgehead atoms. The Kier molecular flexibility index (Phi) is 38.2. The number of esters is 12. The molecule has 2 N–H and O–H groups in total. The summed E-state index contributed by atoms with van der Waals surface area (Å²) in [6.07, 6.45) is -6.87. The number of hydrogen-bond acceptors (Lipinski definition) is 38. The molecule has 3 fully saturated rings. The van der Waals surface area contributed by atoms with Crippen molar-refractivity contribution in [3.05, 3.63) is 150 Å². The predicted octanol–water partition coefficient (Wildman–Crippen LogP) is 12.0. The molecule has 138 heavy (non-hydrogen) atoms. The number of hydrogen-bond donors (Lipinski definition) is 2. The van der Waals surface area contributed by atoms with Crippen LogP contribution in [-0.4, -0.2) is 278 Å². The molecule has 37 nitrogen and oxygen atoms in total. The summed E-state index contributed by atoms with van der Waals surface area (Å²) in [4.78, 5) is 166. The van der Waals surface area contributed by atoms with Gasteiger partial charge in [0.1, 0.15) is 91.5 Å². The number of nitrogens with zero attached hydrogens (tertiary/aromatic N) is 2. The Hall–Kier alpha value is -12.7. The van der Waals surface area contributed by atoms with Crippen molar-refractivity contribution in [3.8, 4) is 61.8 Å². The third-order valence-electron chi connectivity index (χ3n) is 21.1. The number of ether oxygens (including phenoxy) is 21. The number of H-pyrrole nitrogens is 2. The maximum Gasteiger partial charge on any atom is 0.303 e. The Labute approximate surface area is 806 Å². The normalized spacial score (nSPS) is 21.3. The van der Waals surface area contributed by atoms with Crippen LogP contribution in [0.2, 0.25) is 0 Å². The predicted molar refractivity (Wildman–Crippen MR) is 503 cm³/mol. The van der Waals surface area contributed by atoms with Gasteiger partial charge >= 0.3 is 71.6 Å². The van der Waals surface area contributed by atoms with Crippen molar-refractivity contribution in [2.24, 2.45) is 0 Å². The van der Waals surface area contributed by atoms with E-state index in [9.17, 15) is 57.5 Å². The molecule has 15 atom stereocenters. The van der Waals surface area contributed by atoms with Crippen LogP contribution in [0.4, 0.5) is 0 Å². The molecule has 0 unspecified atom stereocenters. The fourth-order valence-electron chi connectivity index (χ4n) is 15.8. The molecule has 3 aromatic heterocycles. The van der Waals surface area contributed by atoms with Gasteiger partial charge in [-0.05, 0) is 107 Å². The SMILES string of the molecule is CC(=O)OC[C@H]1O[C@H](SCCOCCOc2ccc(-c3c4nc(c(-c5ccc(OCCOCCS[C@H]6O[C@H](COC(C)=O)[C@@H](OC(C)=O)[C@H](OC(C)=O)[C@@H]6OC(C)=O)cc5)c5ccc([nH]5)c(-c5ccc(OCCOCCS[C@H]6O[C@H](COC(C)=O)[C@@H](OC(C)=O)[C@H](OC(C)=O)[C@@H]6OC(C)=O)cc5)c5nc(c(-c6ccccc6)c6ccc3[nH]6)C=C5)C=C4)cc2)[C@@H](OC(C)=O)[C@@H](OC(C)=O)[C@@H]1OC(C)=O. The smallest absolute Gasteiger partial charge is 0.303 e. The number of benzene rings is 4. The second kappa shape index (κ2) is 50.6. The maximum absolute atomic E-state index is 12.5. The molecule has 0 saturated carbocycles. The average molecular weight is 1970 g/mol. The van der Waals surface area contributed by atoms with Gasteiger partial charge < -0.3 is 109 Å². The van der Waals surface area contributed by atoms with Crippen molar-refractivity contribution in [3.63, 3.8) is 0 Å². The lowest BCUT2D eigenvalue weighted by Crippen LogP contribution is -2.61. The number of aromatic nitrogens is 4. The number of rotatable bonds is 43. The summed E-state index contributed by atoms with van der Waals surface area (Å²) in [6, 6.07) is 40.8. The van der Waals surface area contributed by atoms with Gasteiger partial charge in [-0.3, -0.25) is 57.5 Å². The molecule has 3 saturated heterocycles. The molecule has 736 valence electrons. The topological polar surface area (TPSA) is 456 Å². The van der Waals surface area contributed by atoms with E-state index in [0.29, 0.717) is 51.1 Å². The molecule has 5 aliphatic heterocycles. The zero-order chi connectivity index (χ0) is 98.6. The highest BCUT2D eigenvalue weighted by atomic mass is 32.2. The molecule has 7 aromatic rings. The molecule has 8 heterocycles. The lowest BCUT2D eigenvalue weighted by Gasteiger charge is -2.44. The summed E-state index contributed by atoms with van der Waals surface area (Å²) in [5.41, 5.74) is 8.73. The first kappa shape index (κ1) is 104. The maximum atomic E-state index is 12.5. The van der Waals surface area contributed by atoms with Gasteiger partial charge in [-0.1, -0.05) is 66.7 Å². The Bertz CT molecular complexity index is 5570. The molecular formula is C98H108N4O33S3. The summed E-state index contributed by atoms with van der Waals surface area (Å²) < 4.78 is 122. The lowest BCUT2D eigenvalue weighted by atomic mass is 9.99. The average Bonchev–Trinajstić information content (AvgIpc) is 1.64. The number of aromatic amines is 2. The van der Waals surface area contributed by atoms with Gasteiger partial charge in [0.2, 0.25) is 0 Å². The zero-order valence-electron chi connectivity index (χ0n) is 77.8. The highest BCUT2D eigenvalue weighted by Crippen LogP contribution is 2.43. The monoisotopic (exact) mass is 1960 g/mol. The Balaban J connectivity index is 0.805. The first-order chi connectivity index (χ1) is 66.3. The van der Waals surface area contributed by atoms with Gasteiger partial charge in [0.25, 0.3) is 0 Å². The van der Waals surface area contributed by atoms with Crippen molar-refractivity contribution >= 4 is 153 Å². The molecule has 0 aliphatic carbocycles. The Morgan fingerprint density at radius 2 is 0.500 bits per heavy atom. The lowest BCUT2D eigenvalue weighted by molar-refractivity contribution is -0.237. The zero-order valence-corrected chi connectivity index (χ0v) is 80.2. The van der Waals surface area contributed by atoms with Gasteiger partial charge in [0.15, 0.2) is 54.9 Å². The third-order valence-corrected chi connectivity index (χ3v) is 24.4. The van der Waals surface area contributed by atoms with Crippen molar-refractivity contribution in [1.29, 1.82) is 0 Å². The summed E-state index contributed by atoms with van der Waals surface area (Å²) in [6.45, 7) is 14.3. The van der Waals surface area contributed by atoms with E-state index in [1.807, 2.05) is 152 Å². The van der Waals surface area contributed by atoms with Crippen LogP contribution in [0, 0.1) is 0 Å². The molecule has 40 heteroatoms. The van der Waals surface area contributed by atoms with Gasteiger partial charge in [-0.25, -0.2) is 9.97 Å². The van der Waals surface area contributed by atoms with Gasteiger partial charge in [0, 0.05) is 145 Å². The van der Waals surface area contributed by atoms with Crippen LogP contribution in [0.15, 0.2) is 127 Å². The van der Waals surface area contributed by atoms with E-state index in [4.69, 9.17) is 109 Å². The van der Waals surface area contributed by atoms with Gasteiger partial charge in [-0.2, -0.15) is 0 Å². The second-order valence-corrected chi connectivity index (χ2v) is 35.3. The Morgan fingerprint density at radius 1 is 0.268 bits per heavy atom. The molecule has 4 aromatic carbocycles. The summed E-state index contributed by atoms with van der Waals surface area (Å²) in [7, 11) is 0. The van der Waals surface area contributed by atoms with Crippen LogP contribution in [-0.2, 0) is 143 Å². The van der Waals surface area contributed by atoms with E-state index in [-0.39, 0.29) is 96.5 Å². The van der Waals surface area contributed by atoms with Crippen molar-refractivity contribution < 1.29 is 157 Å². The van der Waals surface area contributed by atoms with Gasteiger partial charge in [-0.15, -0.1) is 35.3 Å². The number of thioether (sulfide) groups is 3. The summed E-state index contributed by atoms with van der Waals surface area (Å²) in [5.74, 6) is -6.04. The number of carbonyl (C=O) groups is 12. The van der Waals surface area contributed by atoms with Gasteiger partial charge in [0.05, 0.1) is 62.4 Å². The molecule has 0 amide bonds. The highest BCUT2D eigenvalue weighted by molar-refractivity contribution is 8.00. The minimum Gasteiger partial charge on any atom is -0.491 e. The number of nitrogens with one attached hydrogen (secondary N) is 2. The number of fused-ring (bicyclic) bond motifs is 8. The van der Waals surface area contributed by atoms with Crippen LogP contribution < -0.4 is 14.2 Å². The second-order valence-electron chi connectivity index (χ2n) is 31.6. The first-order valence-electron chi connectivity index (χ1n) is 44.2. The molecule has 12 rings (SSSR count). The van der Waals surface area contributed by atoms with Crippen LogP contribution in [0.5, 0.6) is 17.2 Å². The van der Waals surface area contributed by atoms with Crippen molar-refractivity contribution in [2.75, 3.05) is 96.5 Å². The fraction of sp³-hybridized carbons (Fsp3) is 0.429. The summed E-state index contributed by atoms with van der Waals surface area (Å²) in [5, 5.41) is 0. The standard InChI is InChI=1S/C98H108N4O33S3/c1-53(103)121-50-80-87(124-56(4)106)90(127-59(7)109)93(130-62(10)112)96(133-80)136-47-44-115-38-41-118-69-24-18-66(19-25-69)84-74-32-30-72(99-74)83(65-16-14-13-15-17-65)73-31-33-75(100-73)85(67-20-26-70(27-21-67)119-42-39-116-45-48-137-97-94(131-63(11)113)91(128-60(8)110)88(125-57(5)107)81(134-97)51-122-54(2)104)77-35-37-79(102-77)86(78-36-34-76(84)101-78)68-22-28-71(29-23-68)120-43-40-117-46-49-138-98-95(132-64(12)114)92(129-61(9)111)89(126-58(6)108)82(135-98)52-123-55(3)105/h13-37,80-82,87-99,102H,38-52H2,1-12H3/t80-,81-,82-,87-,88-,89-,90+,91+,92+,93+,94+,95+,96-,97-,98-/m1/s1. The number of carbonyl (C=O) groups excluding carboxylic acids is 12. The van der Waals surface area contributed by atoms with E-state index < -0.39 is 161 Å². The van der Waals surface area contributed by atoms with Crippen LogP contribution in [0.1, 0.15) is 106 Å². The van der Waals surface area contributed by atoms with Crippen LogP contribution in [0.3, 0.4) is 0 Å². The third kappa shape index (κ3) is 29.5. The molecule has 0 spiro atoms. The highest BCUT2D eigenvalue weighted by Gasteiger charge is 2.55. The molecular weight excluding hydrogens is 1860 g/mol. The quantitative estimate of drug-likeness (QED) is 0.0204. The van der Waals surface area contributed by atoms with Crippen molar-refractivity contribution in [1.82, 2.24) is 19.9 Å². The fourth-order valence-corrected chi connectivity index (χ4v) is 19.0.